The number of ketones is 1. The minimum Gasteiger partial charge on any atom is -0.469 e. The van der Waals surface area contributed by atoms with Gasteiger partial charge in [0.15, 0.2) is 0 Å². The van der Waals surface area contributed by atoms with Crippen molar-refractivity contribution in [2.45, 2.75) is 95.4 Å². The van der Waals surface area contributed by atoms with Crippen LogP contribution in [0.3, 0.4) is 0 Å². The molecule has 0 radical (unpaired) electrons. The zero-order chi connectivity index (χ0) is 23.4. The molecule has 33 heavy (non-hydrogen) atoms. The Labute approximate surface area is 194 Å². The summed E-state index contributed by atoms with van der Waals surface area (Å²) in [6.07, 6.45) is 5.88. The van der Waals surface area contributed by atoms with Gasteiger partial charge in [0.25, 0.3) is 0 Å². The van der Waals surface area contributed by atoms with Crippen LogP contribution in [0.15, 0.2) is 0 Å². The minimum atomic E-state index is -0.823. The van der Waals surface area contributed by atoms with E-state index >= 15 is 0 Å². The van der Waals surface area contributed by atoms with Gasteiger partial charge in [-0.1, -0.05) is 13.8 Å². The summed E-state index contributed by atoms with van der Waals surface area (Å²) in [4.78, 5) is 37.4. The number of carbonyl (C=O) groups is 3. The first-order valence-electron chi connectivity index (χ1n) is 12.5. The van der Waals surface area contributed by atoms with E-state index in [-0.39, 0.29) is 59.8 Å². The van der Waals surface area contributed by atoms with E-state index in [2.05, 4.69) is 19.9 Å². The first kappa shape index (κ1) is 21.6. The molecular formula is C26H33NO6. The molecule has 7 heteroatoms. The predicted octanol–water partition coefficient (Wildman–Crippen LogP) is 3.49. The summed E-state index contributed by atoms with van der Waals surface area (Å²) >= 11 is 0. The van der Waals surface area contributed by atoms with E-state index in [0.29, 0.717) is 25.7 Å². The number of hydrogen-bond donors (Lipinski definition) is 0. The highest BCUT2D eigenvalue weighted by molar-refractivity contribution is 5.81. The lowest BCUT2D eigenvalue weighted by Crippen LogP contribution is -2.67. The average molecular weight is 456 g/mol. The monoisotopic (exact) mass is 455 g/mol. The van der Waals surface area contributed by atoms with Crippen molar-refractivity contribution in [3.63, 3.8) is 0 Å². The molecule has 0 amide bonds. The zero-order valence-corrected chi connectivity index (χ0v) is 19.8. The fraction of sp³-hybridized carbons (Fsp3) is 0.846. The minimum absolute atomic E-state index is 0.0376. The molecule has 2 aliphatic heterocycles. The Kier molecular flexibility index (Phi) is 4.18. The second-order valence-electron chi connectivity index (χ2n) is 12.1. The van der Waals surface area contributed by atoms with E-state index in [1.807, 2.05) is 0 Å². The number of Topliss-reactive ketones (excluding diaryl/α,β-unsaturated/α-hetero) is 1. The molecule has 7 nitrogen and oxygen atoms in total. The maximum absolute atomic E-state index is 12.6. The van der Waals surface area contributed by atoms with Crippen molar-refractivity contribution in [1.29, 1.82) is 5.26 Å². The summed E-state index contributed by atoms with van der Waals surface area (Å²) in [7, 11) is 1.40. The lowest BCUT2D eigenvalue weighted by atomic mass is 9.37. The number of esters is 2. The Morgan fingerprint density at radius 3 is 2.64 bits per heavy atom. The van der Waals surface area contributed by atoms with Crippen LogP contribution in [0, 0.1) is 45.3 Å². The molecular weight excluding hydrogens is 422 g/mol. The molecule has 4 aliphatic carbocycles. The van der Waals surface area contributed by atoms with Crippen LogP contribution in [0.5, 0.6) is 0 Å². The SMILES string of the molecule is COC(=O)C[C@@H]1C[C@]2(C#N)CC(=O)CC[C@]2(C)[C@@]23O[C@@H]2C[C@@]2(C)C(CC[C@@]24CCC(=O)O4)C13. The van der Waals surface area contributed by atoms with E-state index in [9.17, 15) is 19.6 Å². The second kappa shape index (κ2) is 6.38. The number of rotatable bonds is 2. The average Bonchev–Trinajstić information content (AvgIpc) is 3.26. The first-order valence-corrected chi connectivity index (χ1v) is 12.5. The van der Waals surface area contributed by atoms with Gasteiger partial charge in [0.1, 0.15) is 17.0 Å². The van der Waals surface area contributed by atoms with Gasteiger partial charge in [0.05, 0.1) is 24.7 Å². The molecule has 0 aromatic carbocycles. The lowest BCUT2D eigenvalue weighted by molar-refractivity contribution is -0.185. The highest BCUT2D eigenvalue weighted by Gasteiger charge is 2.86. The van der Waals surface area contributed by atoms with Gasteiger partial charge in [0.2, 0.25) is 0 Å². The van der Waals surface area contributed by atoms with Crippen molar-refractivity contribution in [1.82, 2.24) is 0 Å². The van der Waals surface area contributed by atoms with Gasteiger partial charge in [0, 0.05) is 36.5 Å². The Hall–Kier alpha value is -1.94. The fourth-order valence-electron chi connectivity index (χ4n) is 9.75. The van der Waals surface area contributed by atoms with E-state index in [4.69, 9.17) is 14.2 Å². The third kappa shape index (κ3) is 2.32. The second-order valence-corrected chi connectivity index (χ2v) is 12.1. The molecule has 6 aliphatic rings. The summed E-state index contributed by atoms with van der Waals surface area (Å²) in [5.74, 6) is -0.0317. The maximum Gasteiger partial charge on any atom is 0.306 e. The highest BCUT2D eigenvalue weighted by Crippen LogP contribution is 2.81. The van der Waals surface area contributed by atoms with Crippen LogP contribution in [-0.2, 0) is 28.6 Å². The Morgan fingerprint density at radius 2 is 1.97 bits per heavy atom. The van der Waals surface area contributed by atoms with Crippen molar-refractivity contribution in [3.8, 4) is 6.07 Å². The van der Waals surface area contributed by atoms with Crippen LogP contribution >= 0.6 is 0 Å². The van der Waals surface area contributed by atoms with Crippen LogP contribution in [-0.4, -0.2) is 42.1 Å². The van der Waals surface area contributed by atoms with Crippen molar-refractivity contribution >= 4 is 17.7 Å². The fourth-order valence-corrected chi connectivity index (χ4v) is 9.75. The Balaban J connectivity index is 1.48. The van der Waals surface area contributed by atoms with E-state index in [1.54, 1.807) is 0 Å². The summed E-state index contributed by atoms with van der Waals surface area (Å²) in [5.41, 5.74) is -2.42. The number of carbonyl (C=O) groups excluding carboxylic acids is 3. The van der Waals surface area contributed by atoms with Crippen LogP contribution in [0.4, 0.5) is 0 Å². The van der Waals surface area contributed by atoms with Crippen molar-refractivity contribution in [3.05, 3.63) is 0 Å². The largest absolute Gasteiger partial charge is 0.469 e. The number of epoxide rings is 1. The van der Waals surface area contributed by atoms with Gasteiger partial charge >= 0.3 is 11.9 Å². The zero-order valence-electron chi connectivity index (χ0n) is 19.8. The third-order valence-electron chi connectivity index (χ3n) is 11.4. The number of nitrogens with zero attached hydrogens (tertiary/aromatic N) is 1. The highest BCUT2D eigenvalue weighted by atomic mass is 16.6. The standard InChI is InChI=1S/C26H33NO6/c1-22-13-18-26(32-18)21(17(22)5-8-25(22)9-6-19(29)33-25)15(10-20(30)31-3)11-24(14-27)12-16(28)4-7-23(24,26)2/h15,17-18,21H,4-13H2,1-3H3/t15-,17?,18-,21?,22+,23+,24-,25-,26-/m1/s1. The number of nitriles is 1. The van der Waals surface area contributed by atoms with Gasteiger partial charge in [-0.3, -0.25) is 14.4 Å². The number of methoxy groups -OCH3 is 1. The lowest BCUT2D eigenvalue weighted by Gasteiger charge is -2.63. The number of hydrogen-bond acceptors (Lipinski definition) is 7. The molecule has 6 rings (SSSR count). The number of ether oxygens (including phenoxy) is 3. The molecule has 0 bridgehead atoms. The predicted molar refractivity (Wildman–Crippen MR) is 114 cm³/mol. The summed E-state index contributed by atoms with van der Waals surface area (Å²) in [6.45, 7) is 4.44. The van der Waals surface area contributed by atoms with Gasteiger partial charge in [-0.05, 0) is 56.3 Å². The molecule has 0 aromatic heterocycles. The van der Waals surface area contributed by atoms with Crippen molar-refractivity contribution < 1.29 is 28.6 Å². The van der Waals surface area contributed by atoms with Gasteiger partial charge in [-0.25, -0.2) is 0 Å². The molecule has 4 saturated carbocycles. The molecule has 0 aromatic rings. The Morgan fingerprint density at radius 1 is 1.18 bits per heavy atom. The topological polar surface area (TPSA) is 106 Å². The molecule has 9 atom stereocenters. The maximum atomic E-state index is 12.6. The quantitative estimate of drug-likeness (QED) is 0.463. The number of fused-ring (bicyclic) bond motifs is 4. The van der Waals surface area contributed by atoms with Crippen molar-refractivity contribution in [2.24, 2.45) is 34.0 Å². The molecule has 2 saturated heterocycles. The molecule has 2 unspecified atom stereocenters. The van der Waals surface area contributed by atoms with E-state index in [0.717, 1.165) is 25.7 Å². The van der Waals surface area contributed by atoms with Crippen LogP contribution < -0.4 is 0 Å². The van der Waals surface area contributed by atoms with Gasteiger partial charge in [-0.2, -0.15) is 5.26 Å². The van der Waals surface area contributed by atoms with Crippen LogP contribution in [0.2, 0.25) is 0 Å². The van der Waals surface area contributed by atoms with Gasteiger partial charge < -0.3 is 14.2 Å². The van der Waals surface area contributed by atoms with Crippen molar-refractivity contribution in [2.75, 3.05) is 7.11 Å². The van der Waals surface area contributed by atoms with E-state index < -0.39 is 22.0 Å². The first-order chi connectivity index (χ1) is 15.6. The molecule has 6 fully saturated rings. The van der Waals surface area contributed by atoms with Gasteiger partial charge in [-0.15, -0.1) is 0 Å². The summed E-state index contributed by atoms with van der Waals surface area (Å²) in [5, 5.41) is 10.5. The normalized spacial score (nSPS) is 53.9. The molecule has 2 spiro atoms. The third-order valence-corrected chi connectivity index (χ3v) is 11.4. The van der Waals surface area contributed by atoms with Crippen LogP contribution in [0.25, 0.3) is 0 Å². The summed E-state index contributed by atoms with van der Waals surface area (Å²) < 4.78 is 17.9. The smallest absolute Gasteiger partial charge is 0.306 e. The van der Waals surface area contributed by atoms with E-state index in [1.165, 1.54) is 7.11 Å². The molecule has 2 heterocycles. The van der Waals surface area contributed by atoms with Crippen LogP contribution in [0.1, 0.15) is 78.1 Å². The molecule has 0 N–H and O–H groups in total. The Bertz CT molecular complexity index is 1000. The summed E-state index contributed by atoms with van der Waals surface area (Å²) in [6, 6.07) is 2.60. The molecule has 178 valence electrons.